The molecule has 0 saturated heterocycles. The van der Waals surface area contributed by atoms with Crippen LogP contribution in [0.1, 0.15) is 26.3 Å². The SMILES string of the molecule is O=C(O)c1ccccc1/C=N\NC(=O)c1cccc2ccccc12. The Bertz CT molecular complexity index is 943. The molecule has 2 N–H and O–H groups in total. The highest BCUT2D eigenvalue weighted by molar-refractivity contribution is 6.07. The standard InChI is InChI=1S/C19H14N2O3/c22-18(17-11-5-8-13-6-1-3-9-15(13)17)21-20-12-14-7-2-4-10-16(14)19(23)24/h1-12H,(H,21,22)(H,23,24)/b20-12-. The van der Waals surface area contributed by atoms with Gasteiger partial charge in [0.05, 0.1) is 11.8 Å². The molecule has 0 saturated carbocycles. The number of carbonyl (C=O) groups excluding carboxylic acids is 1. The zero-order valence-corrected chi connectivity index (χ0v) is 12.6. The van der Waals surface area contributed by atoms with Crippen molar-refractivity contribution in [3.63, 3.8) is 0 Å². The Hall–Kier alpha value is -3.47. The van der Waals surface area contributed by atoms with Crippen molar-refractivity contribution in [2.75, 3.05) is 0 Å². The predicted molar refractivity (Wildman–Crippen MR) is 92.4 cm³/mol. The number of rotatable bonds is 4. The highest BCUT2D eigenvalue weighted by Gasteiger charge is 2.09. The van der Waals surface area contributed by atoms with E-state index in [-0.39, 0.29) is 11.5 Å². The third-order valence-corrected chi connectivity index (χ3v) is 3.60. The van der Waals surface area contributed by atoms with E-state index in [0.29, 0.717) is 11.1 Å². The van der Waals surface area contributed by atoms with Crippen LogP contribution >= 0.6 is 0 Å². The van der Waals surface area contributed by atoms with E-state index in [9.17, 15) is 9.59 Å². The molecule has 0 heterocycles. The van der Waals surface area contributed by atoms with Gasteiger partial charge in [0.2, 0.25) is 0 Å². The van der Waals surface area contributed by atoms with E-state index in [1.165, 1.54) is 12.3 Å². The number of carbonyl (C=O) groups is 2. The molecule has 0 spiro atoms. The molecular weight excluding hydrogens is 304 g/mol. The molecule has 0 bridgehead atoms. The normalized spacial score (nSPS) is 10.8. The fourth-order valence-corrected chi connectivity index (χ4v) is 2.45. The molecule has 5 nitrogen and oxygen atoms in total. The largest absolute Gasteiger partial charge is 0.478 e. The number of hydrogen-bond acceptors (Lipinski definition) is 3. The molecule has 1 amide bonds. The second-order valence-electron chi connectivity index (χ2n) is 5.12. The molecular formula is C19H14N2O3. The summed E-state index contributed by atoms with van der Waals surface area (Å²) >= 11 is 0. The van der Waals surface area contributed by atoms with Gasteiger partial charge in [-0.25, -0.2) is 10.2 Å². The lowest BCUT2D eigenvalue weighted by Crippen LogP contribution is -2.18. The second-order valence-corrected chi connectivity index (χ2v) is 5.12. The van der Waals surface area contributed by atoms with Crippen molar-refractivity contribution in [3.05, 3.63) is 83.4 Å². The summed E-state index contributed by atoms with van der Waals surface area (Å²) in [5.41, 5.74) is 3.50. The van der Waals surface area contributed by atoms with E-state index in [1.807, 2.05) is 30.3 Å². The van der Waals surface area contributed by atoms with Gasteiger partial charge >= 0.3 is 5.97 Å². The van der Waals surface area contributed by atoms with Crippen LogP contribution in [0.2, 0.25) is 0 Å². The van der Waals surface area contributed by atoms with Gasteiger partial charge in [0, 0.05) is 11.1 Å². The van der Waals surface area contributed by atoms with Crippen LogP contribution in [-0.2, 0) is 0 Å². The predicted octanol–water partition coefficient (Wildman–Crippen LogP) is 3.30. The molecule has 0 fully saturated rings. The first-order valence-corrected chi connectivity index (χ1v) is 7.30. The van der Waals surface area contributed by atoms with Crippen LogP contribution < -0.4 is 5.43 Å². The van der Waals surface area contributed by atoms with Gasteiger partial charge in [0.15, 0.2) is 0 Å². The molecule has 0 radical (unpaired) electrons. The summed E-state index contributed by atoms with van der Waals surface area (Å²) < 4.78 is 0. The van der Waals surface area contributed by atoms with Crippen LogP contribution in [0.25, 0.3) is 10.8 Å². The Kier molecular flexibility index (Phi) is 4.34. The number of carboxylic acid groups (broad SMARTS) is 1. The quantitative estimate of drug-likeness (QED) is 0.572. The van der Waals surface area contributed by atoms with Gasteiger partial charge in [-0.2, -0.15) is 5.10 Å². The molecule has 5 heteroatoms. The molecule has 0 aromatic heterocycles. The molecule has 0 aliphatic heterocycles. The number of hydrogen-bond donors (Lipinski definition) is 2. The molecule has 0 aliphatic rings. The summed E-state index contributed by atoms with van der Waals surface area (Å²) in [6.45, 7) is 0. The molecule has 0 atom stereocenters. The van der Waals surface area contributed by atoms with Crippen LogP contribution in [0.15, 0.2) is 71.8 Å². The minimum Gasteiger partial charge on any atom is -0.478 e. The maximum atomic E-state index is 12.3. The number of nitrogens with one attached hydrogen (secondary N) is 1. The van der Waals surface area contributed by atoms with Crippen LogP contribution in [0.3, 0.4) is 0 Å². The summed E-state index contributed by atoms with van der Waals surface area (Å²) in [6, 6.07) is 19.5. The average Bonchev–Trinajstić information content (AvgIpc) is 2.61. The van der Waals surface area contributed by atoms with E-state index < -0.39 is 5.97 Å². The fourth-order valence-electron chi connectivity index (χ4n) is 2.45. The van der Waals surface area contributed by atoms with Crippen LogP contribution in [-0.4, -0.2) is 23.2 Å². The van der Waals surface area contributed by atoms with Gasteiger partial charge in [0.1, 0.15) is 0 Å². The van der Waals surface area contributed by atoms with E-state index >= 15 is 0 Å². The lowest BCUT2D eigenvalue weighted by Gasteiger charge is -2.05. The van der Waals surface area contributed by atoms with Crippen molar-refractivity contribution < 1.29 is 14.7 Å². The Morgan fingerprint density at radius 3 is 2.38 bits per heavy atom. The monoisotopic (exact) mass is 318 g/mol. The maximum absolute atomic E-state index is 12.3. The van der Waals surface area contributed by atoms with Gasteiger partial charge in [0.25, 0.3) is 5.91 Å². The van der Waals surface area contributed by atoms with Crippen molar-refractivity contribution in [1.82, 2.24) is 5.43 Å². The number of fused-ring (bicyclic) bond motifs is 1. The second kappa shape index (κ2) is 6.75. The number of hydrazone groups is 1. The highest BCUT2D eigenvalue weighted by atomic mass is 16.4. The number of aromatic carboxylic acids is 1. The lowest BCUT2D eigenvalue weighted by molar-refractivity contribution is 0.0696. The van der Waals surface area contributed by atoms with Crippen molar-refractivity contribution in [2.24, 2.45) is 5.10 Å². The Labute approximate surface area is 138 Å². The number of carboxylic acids is 1. The summed E-state index contributed by atoms with van der Waals surface area (Å²) in [5.74, 6) is -1.40. The Morgan fingerprint density at radius 1 is 0.875 bits per heavy atom. The van der Waals surface area contributed by atoms with Crippen LogP contribution in [0.5, 0.6) is 0 Å². The minimum absolute atomic E-state index is 0.126. The van der Waals surface area contributed by atoms with E-state index in [0.717, 1.165) is 10.8 Å². The molecule has 24 heavy (non-hydrogen) atoms. The first-order chi connectivity index (χ1) is 11.7. The summed E-state index contributed by atoms with van der Waals surface area (Å²) in [6.07, 6.45) is 1.33. The molecule has 3 rings (SSSR count). The topological polar surface area (TPSA) is 78.8 Å². The Balaban J connectivity index is 1.82. The summed E-state index contributed by atoms with van der Waals surface area (Å²) in [7, 11) is 0. The Morgan fingerprint density at radius 2 is 1.54 bits per heavy atom. The molecule has 3 aromatic carbocycles. The number of amides is 1. The molecule has 118 valence electrons. The first kappa shape index (κ1) is 15.4. The van der Waals surface area contributed by atoms with E-state index in [1.54, 1.807) is 30.3 Å². The minimum atomic E-state index is -1.04. The molecule has 3 aromatic rings. The number of nitrogens with zero attached hydrogens (tertiary/aromatic N) is 1. The van der Waals surface area contributed by atoms with Crippen molar-refractivity contribution in [3.8, 4) is 0 Å². The third-order valence-electron chi connectivity index (χ3n) is 3.60. The van der Waals surface area contributed by atoms with Gasteiger partial charge in [-0.05, 0) is 22.9 Å². The van der Waals surface area contributed by atoms with Crippen LogP contribution in [0, 0.1) is 0 Å². The first-order valence-electron chi connectivity index (χ1n) is 7.30. The van der Waals surface area contributed by atoms with Gasteiger partial charge < -0.3 is 5.11 Å². The van der Waals surface area contributed by atoms with Crippen molar-refractivity contribution >= 4 is 28.9 Å². The van der Waals surface area contributed by atoms with Gasteiger partial charge in [-0.15, -0.1) is 0 Å². The smallest absolute Gasteiger partial charge is 0.336 e. The average molecular weight is 318 g/mol. The van der Waals surface area contributed by atoms with Crippen molar-refractivity contribution in [2.45, 2.75) is 0 Å². The fraction of sp³-hybridized carbons (Fsp3) is 0. The molecule has 0 aliphatic carbocycles. The van der Waals surface area contributed by atoms with Gasteiger partial charge in [-0.1, -0.05) is 54.6 Å². The van der Waals surface area contributed by atoms with Gasteiger partial charge in [-0.3, -0.25) is 4.79 Å². The summed E-state index contributed by atoms with van der Waals surface area (Å²) in [4.78, 5) is 23.5. The zero-order chi connectivity index (χ0) is 16.9. The maximum Gasteiger partial charge on any atom is 0.336 e. The highest BCUT2D eigenvalue weighted by Crippen LogP contribution is 2.18. The third kappa shape index (κ3) is 3.15. The molecule has 0 unspecified atom stereocenters. The number of benzene rings is 3. The van der Waals surface area contributed by atoms with Crippen LogP contribution in [0.4, 0.5) is 0 Å². The van der Waals surface area contributed by atoms with Crippen molar-refractivity contribution in [1.29, 1.82) is 0 Å². The lowest BCUT2D eigenvalue weighted by atomic mass is 10.0. The van der Waals surface area contributed by atoms with E-state index in [2.05, 4.69) is 10.5 Å². The zero-order valence-electron chi connectivity index (χ0n) is 12.6. The van der Waals surface area contributed by atoms with E-state index in [4.69, 9.17) is 5.11 Å². The summed E-state index contributed by atoms with van der Waals surface area (Å²) in [5, 5.41) is 14.8.